The third-order valence-corrected chi connectivity index (χ3v) is 5.52. The average molecular weight is 484 g/mol. The fourth-order valence-electron chi connectivity index (χ4n) is 2.76. The van der Waals surface area contributed by atoms with Gasteiger partial charge in [0.1, 0.15) is 5.75 Å². The van der Waals surface area contributed by atoms with Gasteiger partial charge in [0.25, 0.3) is 5.56 Å². The number of hydrogen-bond acceptors (Lipinski definition) is 5. The zero-order chi connectivity index (χ0) is 21.2. The number of thioether (sulfide) groups is 1. The third-order valence-electron chi connectivity index (χ3n) is 3.92. The second kappa shape index (κ2) is 8.47. The molecule has 1 heterocycles. The van der Waals surface area contributed by atoms with Crippen molar-refractivity contribution in [3.63, 3.8) is 0 Å². The Hall–Kier alpha value is -2.51. The minimum atomic E-state index is -4.88. The van der Waals surface area contributed by atoms with Gasteiger partial charge in [0.05, 0.1) is 35.4 Å². The number of ether oxygens (including phenoxy) is 1. The largest absolute Gasteiger partial charge is 0.573 e. The van der Waals surface area contributed by atoms with Gasteiger partial charge in [-0.05, 0) is 57.6 Å². The molecule has 3 rings (SSSR count). The number of hydrogen-bond donors (Lipinski definition) is 0. The number of alkyl halides is 3. The van der Waals surface area contributed by atoms with Gasteiger partial charge in [-0.25, -0.2) is 4.98 Å². The molecule has 0 bridgehead atoms. The van der Waals surface area contributed by atoms with Crippen LogP contribution in [-0.2, 0) is 6.54 Å². The molecular weight excluding hydrogens is 471 g/mol. The fraction of sp³-hybridized carbons (Fsp3) is 0.211. The Labute approximate surface area is 176 Å². The fourth-order valence-corrected chi connectivity index (χ4v) is 4.09. The molecule has 0 saturated carbocycles. The van der Waals surface area contributed by atoms with E-state index >= 15 is 0 Å². The summed E-state index contributed by atoms with van der Waals surface area (Å²) in [4.78, 5) is 18.0. The van der Waals surface area contributed by atoms with Crippen molar-refractivity contribution < 1.29 is 17.9 Å². The molecule has 0 atom stereocenters. The van der Waals surface area contributed by atoms with Gasteiger partial charge < -0.3 is 4.74 Å². The van der Waals surface area contributed by atoms with Crippen LogP contribution >= 0.6 is 27.7 Å². The minimum absolute atomic E-state index is 0.0118. The van der Waals surface area contributed by atoms with Crippen LogP contribution in [0.1, 0.15) is 18.1 Å². The Bertz CT molecular complexity index is 1170. The lowest BCUT2D eigenvalue weighted by atomic mass is 10.1. The number of nitrogens with zero attached hydrogens (tertiary/aromatic N) is 3. The molecule has 0 aliphatic carbocycles. The van der Waals surface area contributed by atoms with Crippen LogP contribution in [0.3, 0.4) is 0 Å². The second-order valence-corrected chi connectivity index (χ2v) is 8.05. The Kier molecular flexibility index (Phi) is 6.19. The van der Waals surface area contributed by atoms with Crippen LogP contribution in [0, 0.1) is 11.3 Å². The van der Waals surface area contributed by atoms with Crippen molar-refractivity contribution in [3.8, 4) is 11.8 Å². The van der Waals surface area contributed by atoms with Crippen molar-refractivity contribution in [2.45, 2.75) is 24.7 Å². The van der Waals surface area contributed by atoms with E-state index in [9.17, 15) is 18.0 Å². The predicted octanol–water partition coefficient (Wildman–Crippen LogP) is 5.09. The first-order valence-electron chi connectivity index (χ1n) is 8.32. The number of halogens is 4. The van der Waals surface area contributed by atoms with Crippen LogP contribution in [0.4, 0.5) is 13.2 Å². The highest BCUT2D eigenvalue weighted by atomic mass is 79.9. The van der Waals surface area contributed by atoms with E-state index in [2.05, 4.69) is 31.7 Å². The van der Waals surface area contributed by atoms with Crippen LogP contribution in [0.5, 0.6) is 5.75 Å². The molecule has 0 amide bonds. The Morgan fingerprint density at radius 2 is 2.07 bits per heavy atom. The first-order chi connectivity index (χ1) is 13.7. The van der Waals surface area contributed by atoms with Crippen LogP contribution in [0.15, 0.2) is 50.8 Å². The topological polar surface area (TPSA) is 67.9 Å². The number of nitriles is 1. The van der Waals surface area contributed by atoms with Gasteiger partial charge in [-0.2, -0.15) is 5.26 Å². The molecule has 29 heavy (non-hydrogen) atoms. The summed E-state index contributed by atoms with van der Waals surface area (Å²) in [6.45, 7) is 2.11. The van der Waals surface area contributed by atoms with Crippen LogP contribution in [0.2, 0.25) is 0 Å². The van der Waals surface area contributed by atoms with Crippen molar-refractivity contribution in [3.05, 3.63) is 62.6 Å². The van der Waals surface area contributed by atoms with Gasteiger partial charge >= 0.3 is 6.36 Å². The quantitative estimate of drug-likeness (QED) is 0.472. The normalized spacial score (nSPS) is 11.4. The molecular formula is C19H13BrF3N3O2S. The Morgan fingerprint density at radius 1 is 1.31 bits per heavy atom. The van der Waals surface area contributed by atoms with E-state index in [4.69, 9.17) is 5.26 Å². The highest BCUT2D eigenvalue weighted by Gasteiger charge is 2.31. The van der Waals surface area contributed by atoms with E-state index < -0.39 is 17.7 Å². The average Bonchev–Trinajstić information content (AvgIpc) is 2.64. The van der Waals surface area contributed by atoms with Gasteiger partial charge in [0, 0.05) is 9.37 Å². The maximum atomic E-state index is 12.9. The van der Waals surface area contributed by atoms with Crippen molar-refractivity contribution in [2.75, 3.05) is 5.75 Å². The third kappa shape index (κ3) is 4.92. The maximum Gasteiger partial charge on any atom is 0.573 e. The summed E-state index contributed by atoms with van der Waals surface area (Å²) < 4.78 is 43.1. The van der Waals surface area contributed by atoms with Gasteiger partial charge in [0.2, 0.25) is 0 Å². The standard InChI is InChI=1S/C19H13BrF3N3O2S/c1-2-29-16-4-3-11(8-24)5-12(16)9-26-10-25-17-14(18(26)27)6-13(7-15(17)20)28-19(21,22)23/h3-7,10H,2,9H2,1H3. The van der Waals surface area contributed by atoms with Gasteiger partial charge in [-0.3, -0.25) is 9.36 Å². The molecule has 0 unspecified atom stereocenters. The highest BCUT2D eigenvalue weighted by molar-refractivity contribution is 9.10. The molecule has 2 aromatic carbocycles. The van der Waals surface area contributed by atoms with Crippen LogP contribution in [0.25, 0.3) is 10.9 Å². The second-order valence-electron chi connectivity index (χ2n) is 5.89. The first kappa shape index (κ1) is 21.2. The van der Waals surface area contributed by atoms with Crippen molar-refractivity contribution >= 4 is 38.6 Å². The summed E-state index contributed by atoms with van der Waals surface area (Å²) in [6, 6.07) is 9.39. The smallest absolute Gasteiger partial charge is 0.406 e. The zero-order valence-corrected chi connectivity index (χ0v) is 17.4. The molecule has 3 aromatic rings. The summed E-state index contributed by atoms with van der Waals surface area (Å²) in [7, 11) is 0. The zero-order valence-electron chi connectivity index (χ0n) is 15.0. The highest BCUT2D eigenvalue weighted by Crippen LogP contribution is 2.30. The summed E-state index contributed by atoms with van der Waals surface area (Å²) in [5, 5.41) is 9.14. The summed E-state index contributed by atoms with van der Waals surface area (Å²) >= 11 is 4.70. The Balaban J connectivity index is 2.09. The van der Waals surface area contributed by atoms with Crippen LogP contribution < -0.4 is 10.3 Å². The first-order valence-corrected chi connectivity index (χ1v) is 10.1. The van der Waals surface area contributed by atoms with Crippen molar-refractivity contribution in [1.82, 2.24) is 9.55 Å². The molecule has 1 aromatic heterocycles. The van der Waals surface area contributed by atoms with E-state index in [0.717, 1.165) is 28.3 Å². The molecule has 150 valence electrons. The number of rotatable bonds is 5. The van der Waals surface area contributed by atoms with Gasteiger partial charge in [0.15, 0.2) is 0 Å². The van der Waals surface area contributed by atoms with Gasteiger partial charge in [-0.15, -0.1) is 24.9 Å². The van der Waals surface area contributed by atoms with E-state index in [0.29, 0.717) is 5.56 Å². The predicted molar refractivity (Wildman–Crippen MR) is 107 cm³/mol. The molecule has 0 aliphatic heterocycles. The Morgan fingerprint density at radius 3 is 2.72 bits per heavy atom. The monoisotopic (exact) mass is 483 g/mol. The maximum absolute atomic E-state index is 12.9. The van der Waals surface area contributed by atoms with Crippen LogP contribution in [-0.4, -0.2) is 21.7 Å². The van der Waals surface area contributed by atoms with E-state index in [1.807, 2.05) is 13.0 Å². The van der Waals surface area contributed by atoms with E-state index in [-0.39, 0.29) is 21.9 Å². The number of benzene rings is 2. The molecule has 0 fully saturated rings. The van der Waals surface area contributed by atoms with Gasteiger partial charge in [-0.1, -0.05) is 6.92 Å². The molecule has 0 saturated heterocycles. The summed E-state index contributed by atoms with van der Waals surface area (Å²) in [5.41, 5.74) is 0.916. The molecule has 0 spiro atoms. The SMILES string of the molecule is CCSc1ccc(C#N)cc1Cn1cnc2c(Br)cc(OC(F)(F)F)cc2c1=O. The lowest BCUT2D eigenvalue weighted by molar-refractivity contribution is -0.274. The lowest BCUT2D eigenvalue weighted by Gasteiger charge is -2.13. The molecule has 10 heteroatoms. The number of aromatic nitrogens is 2. The summed E-state index contributed by atoms with van der Waals surface area (Å²) in [6.07, 6.45) is -3.54. The van der Waals surface area contributed by atoms with Crippen molar-refractivity contribution in [1.29, 1.82) is 5.26 Å². The van der Waals surface area contributed by atoms with E-state index in [1.54, 1.807) is 23.9 Å². The lowest BCUT2D eigenvalue weighted by Crippen LogP contribution is -2.22. The molecule has 5 nitrogen and oxygen atoms in total. The summed E-state index contributed by atoms with van der Waals surface area (Å²) in [5.74, 6) is 0.289. The van der Waals surface area contributed by atoms with E-state index in [1.165, 1.54) is 10.9 Å². The minimum Gasteiger partial charge on any atom is -0.406 e. The molecule has 0 aliphatic rings. The molecule has 0 N–H and O–H groups in total. The molecule has 0 radical (unpaired) electrons. The van der Waals surface area contributed by atoms with Crippen molar-refractivity contribution in [2.24, 2.45) is 0 Å². The number of fused-ring (bicyclic) bond motifs is 1.